The van der Waals surface area contributed by atoms with Gasteiger partial charge in [-0.2, -0.15) is 12.7 Å². The molecule has 0 radical (unpaired) electrons. The average molecular weight is 430 g/mol. The molecule has 0 spiro atoms. The lowest BCUT2D eigenvalue weighted by Gasteiger charge is -2.26. The van der Waals surface area contributed by atoms with Crippen molar-refractivity contribution >= 4 is 50.0 Å². The van der Waals surface area contributed by atoms with E-state index in [1.165, 1.54) is 25.4 Å². The van der Waals surface area contributed by atoms with Gasteiger partial charge in [0.05, 0.1) is 5.69 Å². The minimum Gasteiger partial charge on any atom is -0.299 e. The SMILES string of the molecule is CC(C)CSc1nnc(NC(=O)CN(c2ccccc2)S(=O)(=O)N(C)C)s1. The number of rotatable bonds is 9. The van der Waals surface area contributed by atoms with Crippen LogP contribution in [0.4, 0.5) is 10.8 Å². The molecule has 0 unspecified atom stereocenters. The summed E-state index contributed by atoms with van der Waals surface area (Å²) >= 11 is 2.85. The van der Waals surface area contributed by atoms with Crippen LogP contribution in [0.5, 0.6) is 0 Å². The van der Waals surface area contributed by atoms with E-state index in [-0.39, 0.29) is 6.54 Å². The maximum Gasteiger partial charge on any atom is 0.304 e. The second-order valence-electron chi connectivity index (χ2n) is 6.26. The first kappa shape index (κ1) is 21.6. The maximum atomic E-state index is 12.6. The molecule has 0 aliphatic rings. The first-order valence-corrected chi connectivity index (χ1v) is 11.4. The van der Waals surface area contributed by atoms with Crippen LogP contribution in [0.2, 0.25) is 0 Å². The molecule has 1 amide bonds. The summed E-state index contributed by atoms with van der Waals surface area (Å²) in [5, 5.41) is 11.0. The number of hydrogen-bond acceptors (Lipinski definition) is 7. The Morgan fingerprint density at radius 1 is 1.22 bits per heavy atom. The topological polar surface area (TPSA) is 95.5 Å². The van der Waals surface area contributed by atoms with Crippen LogP contribution in [0, 0.1) is 5.92 Å². The third kappa shape index (κ3) is 6.16. The van der Waals surface area contributed by atoms with Crippen LogP contribution in [-0.2, 0) is 15.0 Å². The van der Waals surface area contributed by atoms with Gasteiger partial charge >= 0.3 is 10.2 Å². The third-order valence-corrected chi connectivity index (χ3v) is 7.48. The van der Waals surface area contributed by atoms with Crippen LogP contribution in [0.25, 0.3) is 0 Å². The smallest absolute Gasteiger partial charge is 0.299 e. The van der Waals surface area contributed by atoms with Crippen molar-refractivity contribution in [2.24, 2.45) is 5.92 Å². The number of hydrogen-bond donors (Lipinski definition) is 1. The van der Waals surface area contributed by atoms with Crippen LogP contribution < -0.4 is 9.62 Å². The fourth-order valence-electron chi connectivity index (χ4n) is 1.94. The van der Waals surface area contributed by atoms with Crippen molar-refractivity contribution in [1.29, 1.82) is 0 Å². The Morgan fingerprint density at radius 2 is 1.89 bits per heavy atom. The molecule has 0 aliphatic heterocycles. The minimum absolute atomic E-state index is 0.349. The highest BCUT2D eigenvalue weighted by molar-refractivity contribution is 8.01. The molecule has 0 saturated carbocycles. The summed E-state index contributed by atoms with van der Waals surface area (Å²) < 4.78 is 28.1. The van der Waals surface area contributed by atoms with E-state index in [1.807, 2.05) is 0 Å². The summed E-state index contributed by atoms with van der Waals surface area (Å²) in [6, 6.07) is 8.49. The lowest BCUT2D eigenvalue weighted by Crippen LogP contribution is -2.44. The van der Waals surface area contributed by atoms with Crippen LogP contribution in [0.3, 0.4) is 0 Å². The van der Waals surface area contributed by atoms with Gasteiger partial charge in [-0.3, -0.25) is 10.1 Å². The third-order valence-electron chi connectivity index (χ3n) is 3.26. The number of nitrogens with one attached hydrogen (secondary N) is 1. The highest BCUT2D eigenvalue weighted by Crippen LogP contribution is 2.27. The number of aromatic nitrogens is 2. The van der Waals surface area contributed by atoms with Crippen molar-refractivity contribution in [1.82, 2.24) is 14.5 Å². The Balaban J connectivity index is 2.10. The molecule has 1 N–H and O–H groups in total. The van der Waals surface area contributed by atoms with Crippen LogP contribution in [0.1, 0.15) is 13.8 Å². The summed E-state index contributed by atoms with van der Waals surface area (Å²) in [5.41, 5.74) is 0.409. The normalized spacial score (nSPS) is 11.8. The second kappa shape index (κ2) is 9.49. The molecule has 2 rings (SSSR count). The van der Waals surface area contributed by atoms with E-state index < -0.39 is 16.1 Å². The van der Waals surface area contributed by atoms with Crippen LogP contribution in [-0.4, -0.2) is 55.2 Å². The van der Waals surface area contributed by atoms with Gasteiger partial charge in [0.25, 0.3) is 0 Å². The van der Waals surface area contributed by atoms with Crippen molar-refractivity contribution in [2.45, 2.75) is 18.2 Å². The van der Waals surface area contributed by atoms with Crippen LogP contribution >= 0.6 is 23.1 Å². The monoisotopic (exact) mass is 429 g/mol. The molecule has 148 valence electrons. The first-order valence-electron chi connectivity index (χ1n) is 8.21. The van der Waals surface area contributed by atoms with Gasteiger partial charge < -0.3 is 0 Å². The van der Waals surface area contributed by atoms with Gasteiger partial charge in [0.2, 0.25) is 11.0 Å². The van der Waals surface area contributed by atoms with E-state index >= 15 is 0 Å². The molecule has 0 saturated heterocycles. The molecule has 1 aromatic heterocycles. The molecule has 1 heterocycles. The Labute approximate surface area is 168 Å². The molecule has 0 aliphatic carbocycles. The Kier molecular flexibility index (Phi) is 7.59. The van der Waals surface area contributed by atoms with E-state index in [4.69, 9.17) is 0 Å². The highest BCUT2D eigenvalue weighted by atomic mass is 32.2. The molecule has 11 heteroatoms. The van der Waals surface area contributed by atoms with Gasteiger partial charge in [-0.05, 0) is 18.1 Å². The van der Waals surface area contributed by atoms with Gasteiger partial charge in [0.15, 0.2) is 4.34 Å². The molecule has 1 aromatic carbocycles. The maximum absolute atomic E-state index is 12.6. The summed E-state index contributed by atoms with van der Waals surface area (Å²) in [5.74, 6) is 0.944. The zero-order valence-electron chi connectivity index (χ0n) is 15.6. The number of carbonyl (C=O) groups excluding carboxylic acids is 1. The Hall–Kier alpha value is -1.69. The van der Waals surface area contributed by atoms with Gasteiger partial charge in [-0.15, -0.1) is 10.2 Å². The molecule has 27 heavy (non-hydrogen) atoms. The second-order valence-corrected chi connectivity index (χ2v) is 10.6. The van der Waals surface area contributed by atoms with Gasteiger partial charge in [0.1, 0.15) is 6.54 Å². The van der Waals surface area contributed by atoms with E-state index in [9.17, 15) is 13.2 Å². The van der Waals surface area contributed by atoms with E-state index in [1.54, 1.807) is 42.1 Å². The molecule has 2 aromatic rings. The minimum atomic E-state index is -3.82. The molecule has 0 fully saturated rings. The Morgan fingerprint density at radius 3 is 2.48 bits per heavy atom. The van der Waals surface area contributed by atoms with Gasteiger partial charge in [0, 0.05) is 19.8 Å². The van der Waals surface area contributed by atoms with Gasteiger partial charge in [-0.1, -0.05) is 55.1 Å². The predicted molar refractivity (Wildman–Crippen MR) is 110 cm³/mol. The quantitative estimate of drug-likeness (QED) is 0.486. The predicted octanol–water partition coefficient (Wildman–Crippen LogP) is 2.54. The van der Waals surface area contributed by atoms with E-state index in [0.717, 1.165) is 18.7 Å². The zero-order valence-corrected chi connectivity index (χ0v) is 18.1. The average Bonchev–Trinajstić information content (AvgIpc) is 3.05. The lowest BCUT2D eigenvalue weighted by molar-refractivity contribution is -0.114. The number of benzene rings is 1. The van der Waals surface area contributed by atoms with Crippen molar-refractivity contribution in [2.75, 3.05) is 36.0 Å². The van der Waals surface area contributed by atoms with Gasteiger partial charge in [-0.25, -0.2) is 4.31 Å². The summed E-state index contributed by atoms with van der Waals surface area (Å²) in [4.78, 5) is 12.4. The standard InChI is InChI=1S/C16H23N5O3S3/c1-12(2)11-25-16-19-18-15(26-16)17-14(22)10-21(27(23,24)20(3)4)13-8-6-5-7-9-13/h5-9,12H,10-11H2,1-4H3,(H,17,18,22). The van der Waals surface area contributed by atoms with Crippen molar-refractivity contribution in [3.63, 3.8) is 0 Å². The number of anilines is 2. The lowest BCUT2D eigenvalue weighted by atomic mass is 10.3. The Bertz CT molecular complexity index is 853. The number of carbonyl (C=O) groups is 1. The fraction of sp³-hybridized carbons (Fsp3) is 0.438. The molecular formula is C16H23N5O3S3. The summed E-state index contributed by atoms with van der Waals surface area (Å²) in [6.45, 7) is 3.86. The largest absolute Gasteiger partial charge is 0.304 e. The number of amides is 1. The van der Waals surface area contributed by atoms with Crippen molar-refractivity contribution < 1.29 is 13.2 Å². The van der Waals surface area contributed by atoms with E-state index in [0.29, 0.717) is 16.7 Å². The molecular weight excluding hydrogens is 406 g/mol. The number of thioether (sulfide) groups is 1. The zero-order chi connectivity index (χ0) is 20.0. The summed E-state index contributed by atoms with van der Waals surface area (Å²) in [7, 11) is -0.978. The van der Waals surface area contributed by atoms with Crippen LogP contribution in [0.15, 0.2) is 34.7 Å². The molecule has 0 atom stereocenters. The van der Waals surface area contributed by atoms with Crippen molar-refractivity contribution in [3.05, 3.63) is 30.3 Å². The molecule has 8 nitrogen and oxygen atoms in total. The fourth-order valence-corrected chi connectivity index (χ4v) is 4.75. The summed E-state index contributed by atoms with van der Waals surface area (Å²) in [6.07, 6.45) is 0. The highest BCUT2D eigenvalue weighted by Gasteiger charge is 2.27. The molecule has 0 bridgehead atoms. The first-order chi connectivity index (χ1) is 12.7. The number of para-hydroxylation sites is 1. The van der Waals surface area contributed by atoms with E-state index in [2.05, 4.69) is 29.4 Å². The van der Waals surface area contributed by atoms with Crippen molar-refractivity contribution in [3.8, 4) is 0 Å². The number of nitrogens with zero attached hydrogens (tertiary/aromatic N) is 4.